The van der Waals surface area contributed by atoms with E-state index >= 15 is 0 Å². The second kappa shape index (κ2) is 8.02. The summed E-state index contributed by atoms with van der Waals surface area (Å²) in [6.07, 6.45) is 0.841. The molecule has 0 spiro atoms. The van der Waals surface area contributed by atoms with Gasteiger partial charge in [0.05, 0.1) is 5.69 Å². The summed E-state index contributed by atoms with van der Waals surface area (Å²) in [5, 5.41) is 3.13. The number of nitrogen functional groups attached to an aromatic ring is 1. The van der Waals surface area contributed by atoms with Crippen LogP contribution >= 0.6 is 11.3 Å². The summed E-state index contributed by atoms with van der Waals surface area (Å²) in [4.78, 5) is 35.1. The van der Waals surface area contributed by atoms with Gasteiger partial charge < -0.3 is 10.6 Å². The van der Waals surface area contributed by atoms with E-state index in [0.29, 0.717) is 22.2 Å². The van der Waals surface area contributed by atoms with Crippen molar-refractivity contribution in [2.75, 3.05) is 29.5 Å². The number of hydrogen-bond donors (Lipinski definition) is 2. The van der Waals surface area contributed by atoms with E-state index in [9.17, 15) is 9.59 Å². The van der Waals surface area contributed by atoms with Gasteiger partial charge >= 0.3 is 11.8 Å². The first-order valence-electron chi connectivity index (χ1n) is 9.24. The van der Waals surface area contributed by atoms with Crippen LogP contribution in [0.3, 0.4) is 0 Å². The Kier molecular flexibility index (Phi) is 5.28. The minimum absolute atomic E-state index is 0.453. The number of carbonyl (C=O) groups is 2. The first-order valence-corrected chi connectivity index (χ1v) is 10.1. The molecule has 0 aliphatic carbocycles. The highest BCUT2D eigenvalue weighted by Crippen LogP contribution is 2.29. The largest absolute Gasteiger partial charge is 0.399 e. The number of rotatable bonds is 3. The highest BCUT2D eigenvalue weighted by molar-refractivity contribution is 7.16. The number of para-hydroxylation sites is 1. The quantitative estimate of drug-likeness (QED) is 0.514. The van der Waals surface area contributed by atoms with Gasteiger partial charge in [0.25, 0.3) is 0 Å². The van der Waals surface area contributed by atoms with Gasteiger partial charge in [0.1, 0.15) is 0 Å². The Bertz CT molecular complexity index is 1030. The maximum Gasteiger partial charge on any atom is 0.321 e. The molecule has 148 valence electrons. The van der Waals surface area contributed by atoms with E-state index < -0.39 is 11.8 Å². The Balaban J connectivity index is 1.59. The van der Waals surface area contributed by atoms with Gasteiger partial charge in [-0.3, -0.25) is 19.8 Å². The van der Waals surface area contributed by atoms with Gasteiger partial charge in [0.15, 0.2) is 5.13 Å². The fraction of sp³-hybridized carbons (Fsp3) is 0.190. The predicted octanol–water partition coefficient (Wildman–Crippen LogP) is 3.02. The van der Waals surface area contributed by atoms with Gasteiger partial charge in [-0.1, -0.05) is 18.2 Å². The van der Waals surface area contributed by atoms with E-state index in [-0.39, 0.29) is 0 Å². The lowest BCUT2D eigenvalue weighted by atomic mass is 10.2. The summed E-state index contributed by atoms with van der Waals surface area (Å²) in [7, 11) is 2.05. The maximum absolute atomic E-state index is 13.1. The van der Waals surface area contributed by atoms with Crippen LogP contribution in [0.2, 0.25) is 0 Å². The molecule has 1 aliphatic heterocycles. The van der Waals surface area contributed by atoms with Crippen molar-refractivity contribution in [3.63, 3.8) is 0 Å². The molecule has 3 N–H and O–H groups in total. The smallest absolute Gasteiger partial charge is 0.321 e. The summed E-state index contributed by atoms with van der Waals surface area (Å²) >= 11 is 1.42. The van der Waals surface area contributed by atoms with Gasteiger partial charge in [-0.25, -0.2) is 4.98 Å². The number of aromatic nitrogens is 1. The summed E-state index contributed by atoms with van der Waals surface area (Å²) in [5.41, 5.74) is 8.50. The van der Waals surface area contributed by atoms with Crippen molar-refractivity contribution in [3.05, 3.63) is 65.2 Å². The molecule has 0 bridgehead atoms. The standard InChI is InChI=1S/C21H21N5O2S/c1-25-12-11-17-18(13-25)29-21(23-17)24-19(27)20(28)26(15-5-3-2-4-6-15)16-9-7-14(22)8-10-16/h2-10H,11-13,22H2,1H3,(H,23,24,27). The molecule has 4 rings (SSSR count). The van der Waals surface area contributed by atoms with Gasteiger partial charge in [0.2, 0.25) is 0 Å². The van der Waals surface area contributed by atoms with Gasteiger partial charge in [-0.15, -0.1) is 11.3 Å². The molecule has 0 saturated carbocycles. The molecular formula is C21H21N5O2S. The van der Waals surface area contributed by atoms with Crippen molar-refractivity contribution in [2.24, 2.45) is 0 Å². The van der Waals surface area contributed by atoms with Crippen LogP contribution in [-0.4, -0.2) is 35.3 Å². The van der Waals surface area contributed by atoms with Crippen molar-refractivity contribution in [3.8, 4) is 0 Å². The third-order valence-corrected chi connectivity index (χ3v) is 5.70. The number of nitrogens with zero attached hydrogens (tertiary/aromatic N) is 3. The Hall–Kier alpha value is -3.23. The average Bonchev–Trinajstić information content (AvgIpc) is 3.11. The van der Waals surface area contributed by atoms with Crippen LogP contribution in [0, 0.1) is 0 Å². The molecule has 2 aromatic carbocycles. The molecule has 0 atom stereocenters. The third-order valence-electron chi connectivity index (χ3n) is 4.71. The van der Waals surface area contributed by atoms with Crippen molar-refractivity contribution >= 4 is 45.3 Å². The summed E-state index contributed by atoms with van der Waals surface area (Å²) in [6.45, 7) is 1.74. The molecule has 0 saturated heterocycles. The lowest BCUT2D eigenvalue weighted by Gasteiger charge is -2.22. The van der Waals surface area contributed by atoms with E-state index in [0.717, 1.165) is 30.1 Å². The molecular weight excluding hydrogens is 386 g/mol. The summed E-state index contributed by atoms with van der Waals surface area (Å²) in [5.74, 6) is -1.42. The molecule has 1 aromatic heterocycles. The summed E-state index contributed by atoms with van der Waals surface area (Å²) < 4.78 is 0. The molecule has 7 nitrogen and oxygen atoms in total. The number of likely N-dealkylation sites (N-methyl/N-ethyl adjacent to an activating group) is 1. The number of nitrogens with one attached hydrogen (secondary N) is 1. The minimum Gasteiger partial charge on any atom is -0.399 e. The normalized spacial score (nSPS) is 13.6. The van der Waals surface area contributed by atoms with E-state index in [4.69, 9.17) is 5.73 Å². The van der Waals surface area contributed by atoms with Crippen molar-refractivity contribution in [1.29, 1.82) is 0 Å². The monoisotopic (exact) mass is 407 g/mol. The molecule has 0 radical (unpaired) electrons. The lowest BCUT2D eigenvalue weighted by Crippen LogP contribution is -2.36. The number of fused-ring (bicyclic) bond motifs is 1. The van der Waals surface area contributed by atoms with Crippen molar-refractivity contribution in [2.45, 2.75) is 13.0 Å². The van der Waals surface area contributed by atoms with Gasteiger partial charge in [-0.2, -0.15) is 0 Å². The zero-order valence-electron chi connectivity index (χ0n) is 16.0. The Morgan fingerprint density at radius 1 is 1.10 bits per heavy atom. The van der Waals surface area contributed by atoms with Crippen LogP contribution in [0.25, 0.3) is 0 Å². The SMILES string of the molecule is CN1CCc2nc(NC(=O)C(=O)N(c3ccccc3)c3ccc(N)cc3)sc2C1. The van der Waals surface area contributed by atoms with E-state index in [1.165, 1.54) is 16.2 Å². The van der Waals surface area contributed by atoms with Crippen LogP contribution in [-0.2, 0) is 22.6 Å². The second-order valence-electron chi connectivity index (χ2n) is 6.90. The maximum atomic E-state index is 13.1. The molecule has 3 aromatic rings. The molecule has 2 heterocycles. The number of thiazole rings is 1. The highest BCUT2D eigenvalue weighted by Gasteiger charge is 2.27. The van der Waals surface area contributed by atoms with Gasteiger partial charge in [-0.05, 0) is 43.4 Å². The summed E-state index contributed by atoms with van der Waals surface area (Å²) in [6, 6.07) is 15.9. The fourth-order valence-electron chi connectivity index (χ4n) is 3.21. The number of nitrogens with two attached hydrogens (primary N) is 1. The molecule has 29 heavy (non-hydrogen) atoms. The Morgan fingerprint density at radius 3 is 2.52 bits per heavy atom. The number of hydrogen-bond acceptors (Lipinski definition) is 6. The molecule has 2 amide bonds. The van der Waals surface area contributed by atoms with Gasteiger partial charge in [0, 0.05) is 41.4 Å². The predicted molar refractivity (Wildman–Crippen MR) is 115 cm³/mol. The average molecular weight is 407 g/mol. The topological polar surface area (TPSA) is 91.6 Å². The zero-order chi connectivity index (χ0) is 20.4. The van der Waals surface area contributed by atoms with Crippen LogP contribution in [0.5, 0.6) is 0 Å². The van der Waals surface area contributed by atoms with Crippen LogP contribution in [0.4, 0.5) is 22.2 Å². The van der Waals surface area contributed by atoms with Crippen molar-refractivity contribution < 1.29 is 9.59 Å². The second-order valence-corrected chi connectivity index (χ2v) is 7.98. The number of benzene rings is 2. The third kappa shape index (κ3) is 4.13. The Morgan fingerprint density at radius 2 is 1.79 bits per heavy atom. The Labute approximate surface area is 172 Å². The highest BCUT2D eigenvalue weighted by atomic mass is 32.1. The first kappa shape index (κ1) is 19.1. The molecule has 8 heteroatoms. The number of amides is 2. The van der Waals surface area contributed by atoms with Crippen molar-refractivity contribution in [1.82, 2.24) is 9.88 Å². The van der Waals surface area contributed by atoms with E-state index in [1.54, 1.807) is 36.4 Å². The number of anilines is 4. The number of carbonyl (C=O) groups excluding carboxylic acids is 2. The lowest BCUT2D eigenvalue weighted by molar-refractivity contribution is -0.134. The fourth-order valence-corrected chi connectivity index (χ4v) is 4.30. The molecule has 0 unspecified atom stereocenters. The van der Waals surface area contributed by atoms with E-state index in [2.05, 4.69) is 22.2 Å². The van der Waals surface area contributed by atoms with Crippen LogP contribution in [0.1, 0.15) is 10.6 Å². The van der Waals surface area contributed by atoms with E-state index in [1.807, 2.05) is 18.2 Å². The minimum atomic E-state index is -0.731. The van der Waals surface area contributed by atoms with Crippen LogP contribution in [0.15, 0.2) is 54.6 Å². The zero-order valence-corrected chi connectivity index (χ0v) is 16.8. The first-order chi connectivity index (χ1) is 14.0. The molecule has 1 aliphatic rings. The molecule has 0 fully saturated rings. The van der Waals surface area contributed by atoms with Crippen LogP contribution < -0.4 is 16.0 Å².